The third kappa shape index (κ3) is 4.18. The van der Waals surface area contributed by atoms with Gasteiger partial charge in [-0.3, -0.25) is 9.78 Å². The number of nitrogens with one attached hydrogen (secondary N) is 2. The van der Waals surface area contributed by atoms with E-state index in [-0.39, 0.29) is 6.29 Å². The van der Waals surface area contributed by atoms with Crippen molar-refractivity contribution in [2.24, 2.45) is 0 Å². The molecule has 1 aliphatic heterocycles. The summed E-state index contributed by atoms with van der Waals surface area (Å²) in [4.78, 5) is 27.8. The molecule has 0 aliphatic carbocycles. The van der Waals surface area contributed by atoms with Crippen molar-refractivity contribution in [2.75, 3.05) is 13.2 Å². The van der Waals surface area contributed by atoms with Crippen molar-refractivity contribution in [2.45, 2.75) is 32.0 Å². The lowest BCUT2D eigenvalue weighted by molar-refractivity contribution is -0.161. The van der Waals surface area contributed by atoms with Gasteiger partial charge in [-0.15, -0.1) is 0 Å². The van der Waals surface area contributed by atoms with Crippen molar-refractivity contribution in [3.05, 3.63) is 56.7 Å². The van der Waals surface area contributed by atoms with Crippen LogP contribution in [0.25, 0.3) is 11.3 Å². The van der Waals surface area contributed by atoms with Gasteiger partial charge in [0.1, 0.15) is 0 Å². The molecule has 122 valence electrons. The van der Waals surface area contributed by atoms with Crippen LogP contribution in [0.1, 0.15) is 24.8 Å². The van der Waals surface area contributed by atoms with E-state index in [0.717, 1.165) is 37.0 Å². The van der Waals surface area contributed by atoms with Gasteiger partial charge in [-0.1, -0.05) is 24.3 Å². The molecule has 6 nitrogen and oxygen atoms in total. The Hall–Kier alpha value is -2.18. The number of ether oxygens (including phenoxy) is 2. The molecule has 1 aliphatic rings. The summed E-state index contributed by atoms with van der Waals surface area (Å²) in [6.07, 6.45) is 3.73. The van der Waals surface area contributed by atoms with Crippen LogP contribution in [0.5, 0.6) is 0 Å². The number of hydrogen-bond acceptors (Lipinski definition) is 4. The van der Waals surface area contributed by atoms with Crippen molar-refractivity contribution < 1.29 is 9.47 Å². The van der Waals surface area contributed by atoms with E-state index >= 15 is 0 Å². The lowest BCUT2D eigenvalue weighted by Gasteiger charge is -2.22. The molecular weight excluding hydrogens is 296 g/mol. The first-order valence-corrected chi connectivity index (χ1v) is 7.87. The average Bonchev–Trinajstić information content (AvgIpc) is 2.55. The number of benzene rings is 1. The van der Waals surface area contributed by atoms with Crippen LogP contribution in [0.4, 0.5) is 0 Å². The van der Waals surface area contributed by atoms with E-state index in [1.165, 1.54) is 6.07 Å². The normalized spacial score (nSPS) is 18.0. The number of aromatic nitrogens is 2. The van der Waals surface area contributed by atoms with E-state index in [4.69, 9.17) is 9.47 Å². The van der Waals surface area contributed by atoms with E-state index in [0.29, 0.717) is 18.7 Å². The van der Waals surface area contributed by atoms with Crippen molar-refractivity contribution in [3.8, 4) is 11.3 Å². The van der Waals surface area contributed by atoms with Crippen LogP contribution in [0.3, 0.4) is 0 Å². The number of rotatable bonds is 5. The summed E-state index contributed by atoms with van der Waals surface area (Å²) in [5.41, 5.74) is 1.45. The molecule has 2 heterocycles. The van der Waals surface area contributed by atoms with E-state index in [2.05, 4.69) is 9.97 Å². The summed E-state index contributed by atoms with van der Waals surface area (Å²) in [7, 11) is 0. The molecule has 6 heteroatoms. The second kappa shape index (κ2) is 7.39. The van der Waals surface area contributed by atoms with Crippen LogP contribution < -0.4 is 11.2 Å². The maximum absolute atomic E-state index is 11.5. The van der Waals surface area contributed by atoms with Gasteiger partial charge in [0.2, 0.25) is 0 Å². The quantitative estimate of drug-likeness (QED) is 0.881. The van der Waals surface area contributed by atoms with Crippen LogP contribution in [-0.4, -0.2) is 29.5 Å². The second-order valence-electron chi connectivity index (χ2n) is 5.58. The molecule has 2 N–H and O–H groups in total. The van der Waals surface area contributed by atoms with Gasteiger partial charge in [0.15, 0.2) is 6.29 Å². The lowest BCUT2D eigenvalue weighted by atomic mass is 10.0. The topological polar surface area (TPSA) is 84.2 Å². The van der Waals surface area contributed by atoms with Crippen molar-refractivity contribution in [1.29, 1.82) is 0 Å². The Balaban J connectivity index is 1.72. The van der Waals surface area contributed by atoms with Crippen molar-refractivity contribution >= 4 is 0 Å². The molecule has 1 aromatic carbocycles. The Labute approximate surface area is 133 Å². The Bertz CT molecular complexity index is 731. The first-order chi connectivity index (χ1) is 11.2. The molecule has 1 fully saturated rings. The van der Waals surface area contributed by atoms with Gasteiger partial charge in [0.05, 0.1) is 12.3 Å². The summed E-state index contributed by atoms with van der Waals surface area (Å²) in [5, 5.41) is 0. The number of aromatic amines is 2. The number of H-pyrrole nitrogens is 2. The Morgan fingerprint density at radius 3 is 2.83 bits per heavy atom. The van der Waals surface area contributed by atoms with Gasteiger partial charge >= 0.3 is 5.69 Å². The predicted octanol–water partition coefficient (Wildman–Crippen LogP) is 1.82. The third-order valence-electron chi connectivity index (χ3n) is 3.88. The highest BCUT2D eigenvalue weighted by Gasteiger charge is 2.14. The fourth-order valence-corrected chi connectivity index (χ4v) is 2.76. The van der Waals surface area contributed by atoms with Crippen LogP contribution >= 0.6 is 0 Å². The fraction of sp³-hybridized carbons (Fsp3) is 0.412. The minimum atomic E-state index is -0.505. The Morgan fingerprint density at radius 1 is 1.17 bits per heavy atom. The summed E-state index contributed by atoms with van der Waals surface area (Å²) < 4.78 is 11.3. The van der Waals surface area contributed by atoms with Gasteiger partial charge in [-0.05, 0) is 31.2 Å². The molecule has 0 radical (unpaired) electrons. The highest BCUT2D eigenvalue weighted by Crippen LogP contribution is 2.21. The van der Waals surface area contributed by atoms with Gasteiger partial charge in [0, 0.05) is 18.2 Å². The van der Waals surface area contributed by atoms with Gasteiger partial charge in [-0.2, -0.15) is 0 Å². The maximum Gasteiger partial charge on any atom is 0.326 e. The zero-order valence-corrected chi connectivity index (χ0v) is 12.8. The first-order valence-electron chi connectivity index (χ1n) is 7.87. The highest BCUT2D eigenvalue weighted by atomic mass is 16.7. The molecule has 2 aromatic rings. The smallest absolute Gasteiger partial charge is 0.326 e. The lowest BCUT2D eigenvalue weighted by Crippen LogP contribution is -2.23. The molecule has 1 aromatic heterocycles. The zero-order valence-electron chi connectivity index (χ0n) is 12.8. The fourth-order valence-electron chi connectivity index (χ4n) is 2.76. The van der Waals surface area contributed by atoms with E-state index in [9.17, 15) is 9.59 Å². The van der Waals surface area contributed by atoms with Crippen molar-refractivity contribution in [3.63, 3.8) is 0 Å². The summed E-state index contributed by atoms with van der Waals surface area (Å²) in [5.74, 6) is 0. The molecule has 3 rings (SSSR count). The maximum atomic E-state index is 11.5. The Morgan fingerprint density at radius 2 is 2.04 bits per heavy atom. The minimum Gasteiger partial charge on any atom is -0.353 e. The average molecular weight is 316 g/mol. The predicted molar refractivity (Wildman–Crippen MR) is 86.4 cm³/mol. The largest absolute Gasteiger partial charge is 0.353 e. The summed E-state index contributed by atoms with van der Waals surface area (Å²) in [6, 6.07) is 9.06. The van der Waals surface area contributed by atoms with Crippen LogP contribution in [0.15, 0.2) is 39.9 Å². The SMILES string of the molecule is O=c1cc(-c2ccccc2CCOC2CCCCO2)[nH]c(=O)[nH]1. The van der Waals surface area contributed by atoms with Crippen LogP contribution in [-0.2, 0) is 15.9 Å². The van der Waals surface area contributed by atoms with Crippen LogP contribution in [0.2, 0.25) is 0 Å². The standard InChI is InChI=1S/C17H20N2O4/c20-15-11-14(18-17(21)19-15)13-6-2-1-5-12(13)8-10-23-16-7-3-4-9-22-16/h1-2,5-6,11,16H,3-4,7-10H2,(H2,18,19,20,21). The molecule has 0 saturated carbocycles. The zero-order chi connectivity index (χ0) is 16.1. The van der Waals surface area contributed by atoms with E-state index in [1.807, 2.05) is 24.3 Å². The molecule has 0 amide bonds. The summed E-state index contributed by atoms with van der Waals surface area (Å²) in [6.45, 7) is 1.30. The second-order valence-corrected chi connectivity index (χ2v) is 5.58. The van der Waals surface area contributed by atoms with E-state index < -0.39 is 11.2 Å². The monoisotopic (exact) mass is 316 g/mol. The highest BCUT2D eigenvalue weighted by molar-refractivity contribution is 5.63. The Kier molecular flexibility index (Phi) is 5.05. The van der Waals surface area contributed by atoms with Gasteiger partial charge in [0.25, 0.3) is 5.56 Å². The molecular formula is C17H20N2O4. The molecule has 1 atom stereocenters. The molecule has 1 saturated heterocycles. The van der Waals surface area contributed by atoms with Gasteiger partial charge < -0.3 is 14.5 Å². The third-order valence-corrected chi connectivity index (χ3v) is 3.88. The van der Waals surface area contributed by atoms with E-state index in [1.54, 1.807) is 0 Å². The molecule has 0 spiro atoms. The first kappa shape index (κ1) is 15.7. The molecule has 0 bridgehead atoms. The van der Waals surface area contributed by atoms with Crippen molar-refractivity contribution in [1.82, 2.24) is 9.97 Å². The molecule has 23 heavy (non-hydrogen) atoms. The van der Waals surface area contributed by atoms with Gasteiger partial charge in [-0.25, -0.2) is 4.79 Å². The summed E-state index contributed by atoms with van der Waals surface area (Å²) >= 11 is 0. The van der Waals surface area contributed by atoms with Crippen LogP contribution in [0, 0.1) is 0 Å². The molecule has 1 unspecified atom stereocenters. The minimum absolute atomic E-state index is 0.115. The number of hydrogen-bond donors (Lipinski definition) is 2.